The number of likely N-dealkylation sites (tertiary alicyclic amines) is 1. The highest BCUT2D eigenvalue weighted by Crippen LogP contribution is 2.28. The number of aliphatic hydroxyl groups is 1. The Morgan fingerprint density at radius 1 is 1.53 bits per heavy atom. The predicted octanol–water partition coefficient (Wildman–Crippen LogP) is 1.98. The number of benzene rings is 1. The number of hydrogen-bond donors (Lipinski definition) is 2. The zero-order valence-corrected chi connectivity index (χ0v) is 11.9. The lowest BCUT2D eigenvalue weighted by atomic mass is 9.83. The molecule has 1 aromatic rings. The zero-order valence-electron chi connectivity index (χ0n) is 11.2. The van der Waals surface area contributed by atoms with E-state index < -0.39 is 5.60 Å². The highest BCUT2D eigenvalue weighted by molar-refractivity contribution is 6.30. The van der Waals surface area contributed by atoms with Crippen molar-refractivity contribution in [3.8, 4) is 0 Å². The minimum atomic E-state index is -0.643. The normalized spacial score (nSPS) is 18.2. The molecule has 0 radical (unpaired) electrons. The van der Waals surface area contributed by atoms with Crippen LogP contribution in [0.1, 0.15) is 13.8 Å². The standard InChI is InChI=1S/C14H19ClN2O2/c1-10(2)14(19)8-17(9-14)7-13(18)16-12-5-3-4-11(15)6-12/h3-6,10,19H,7-9H2,1-2H3,(H,16,18). The lowest BCUT2D eigenvalue weighted by Crippen LogP contribution is -2.65. The maximum Gasteiger partial charge on any atom is 0.238 e. The van der Waals surface area contributed by atoms with Gasteiger partial charge in [0.25, 0.3) is 0 Å². The number of halogens is 1. The molecule has 104 valence electrons. The summed E-state index contributed by atoms with van der Waals surface area (Å²) in [6.07, 6.45) is 0. The van der Waals surface area contributed by atoms with Crippen molar-refractivity contribution in [2.45, 2.75) is 19.4 Å². The molecule has 1 fully saturated rings. The molecule has 0 spiro atoms. The van der Waals surface area contributed by atoms with Crippen LogP contribution in [0, 0.1) is 5.92 Å². The molecule has 2 rings (SSSR count). The summed E-state index contributed by atoms with van der Waals surface area (Å²) in [5.74, 6) is 0.118. The quantitative estimate of drug-likeness (QED) is 0.888. The monoisotopic (exact) mass is 282 g/mol. The molecule has 1 heterocycles. The number of amides is 1. The second-order valence-corrected chi connectivity index (χ2v) is 5.90. The molecular formula is C14H19ClN2O2. The summed E-state index contributed by atoms with van der Waals surface area (Å²) >= 11 is 5.85. The van der Waals surface area contributed by atoms with E-state index in [1.165, 1.54) is 0 Å². The van der Waals surface area contributed by atoms with Crippen molar-refractivity contribution in [2.24, 2.45) is 5.92 Å². The number of carbonyl (C=O) groups is 1. The van der Waals surface area contributed by atoms with Crippen LogP contribution in [0.25, 0.3) is 0 Å². The van der Waals surface area contributed by atoms with Gasteiger partial charge < -0.3 is 10.4 Å². The lowest BCUT2D eigenvalue weighted by Gasteiger charge is -2.48. The van der Waals surface area contributed by atoms with Crippen molar-refractivity contribution >= 4 is 23.2 Å². The molecule has 1 aliphatic rings. The molecule has 19 heavy (non-hydrogen) atoms. The van der Waals surface area contributed by atoms with Gasteiger partial charge in [0.15, 0.2) is 0 Å². The molecule has 0 bridgehead atoms. The number of nitrogens with one attached hydrogen (secondary N) is 1. The van der Waals surface area contributed by atoms with E-state index in [0.29, 0.717) is 30.3 Å². The smallest absolute Gasteiger partial charge is 0.238 e. The molecule has 0 aliphatic carbocycles. The third-order valence-corrected chi connectivity index (χ3v) is 3.78. The van der Waals surface area contributed by atoms with Crippen LogP contribution < -0.4 is 5.32 Å². The van der Waals surface area contributed by atoms with Crippen molar-refractivity contribution in [1.82, 2.24) is 4.90 Å². The first-order valence-corrected chi connectivity index (χ1v) is 6.77. The topological polar surface area (TPSA) is 52.6 Å². The Morgan fingerprint density at radius 3 is 2.79 bits per heavy atom. The van der Waals surface area contributed by atoms with E-state index >= 15 is 0 Å². The van der Waals surface area contributed by atoms with Crippen LogP contribution in [0.3, 0.4) is 0 Å². The molecule has 0 aromatic heterocycles. The van der Waals surface area contributed by atoms with Crippen molar-refractivity contribution in [2.75, 3.05) is 25.0 Å². The summed E-state index contributed by atoms with van der Waals surface area (Å²) in [7, 11) is 0. The van der Waals surface area contributed by atoms with E-state index in [-0.39, 0.29) is 11.8 Å². The molecule has 4 nitrogen and oxygen atoms in total. The maximum atomic E-state index is 11.8. The van der Waals surface area contributed by atoms with Crippen molar-refractivity contribution in [3.63, 3.8) is 0 Å². The maximum absolute atomic E-state index is 11.8. The van der Waals surface area contributed by atoms with Crippen LogP contribution in [-0.4, -0.2) is 41.1 Å². The highest BCUT2D eigenvalue weighted by Gasteiger charge is 2.43. The number of anilines is 1. The number of carbonyl (C=O) groups excluding carboxylic acids is 1. The molecule has 0 unspecified atom stereocenters. The fraction of sp³-hybridized carbons (Fsp3) is 0.500. The van der Waals surface area contributed by atoms with Crippen LogP contribution >= 0.6 is 11.6 Å². The van der Waals surface area contributed by atoms with Gasteiger partial charge in [0.2, 0.25) is 5.91 Å². The van der Waals surface area contributed by atoms with Gasteiger partial charge in [0, 0.05) is 23.8 Å². The van der Waals surface area contributed by atoms with E-state index in [9.17, 15) is 9.90 Å². The minimum Gasteiger partial charge on any atom is -0.387 e. The Labute approximate surface area is 118 Å². The first-order chi connectivity index (χ1) is 8.89. The first kappa shape index (κ1) is 14.3. The Balaban J connectivity index is 1.81. The van der Waals surface area contributed by atoms with Gasteiger partial charge in [-0.2, -0.15) is 0 Å². The lowest BCUT2D eigenvalue weighted by molar-refractivity contribution is -0.139. The van der Waals surface area contributed by atoms with Crippen LogP contribution in [0.15, 0.2) is 24.3 Å². The van der Waals surface area contributed by atoms with Gasteiger partial charge in [-0.3, -0.25) is 9.69 Å². The van der Waals surface area contributed by atoms with Crippen LogP contribution in [0.2, 0.25) is 5.02 Å². The second kappa shape index (κ2) is 5.49. The summed E-state index contributed by atoms with van der Waals surface area (Å²) < 4.78 is 0. The van der Waals surface area contributed by atoms with Crippen molar-refractivity contribution in [1.29, 1.82) is 0 Å². The average molecular weight is 283 g/mol. The fourth-order valence-corrected chi connectivity index (χ4v) is 2.37. The summed E-state index contributed by atoms with van der Waals surface area (Å²) in [4.78, 5) is 13.8. The van der Waals surface area contributed by atoms with E-state index in [4.69, 9.17) is 11.6 Å². The van der Waals surface area contributed by atoms with Gasteiger partial charge in [0.05, 0.1) is 12.1 Å². The molecule has 1 aliphatic heterocycles. The molecular weight excluding hydrogens is 264 g/mol. The second-order valence-electron chi connectivity index (χ2n) is 5.46. The molecule has 0 atom stereocenters. The van der Waals surface area contributed by atoms with E-state index in [1.807, 2.05) is 18.7 Å². The Kier molecular flexibility index (Phi) is 4.13. The van der Waals surface area contributed by atoms with Crippen molar-refractivity contribution in [3.05, 3.63) is 29.3 Å². The largest absolute Gasteiger partial charge is 0.387 e. The molecule has 0 saturated carbocycles. The zero-order chi connectivity index (χ0) is 14.0. The highest BCUT2D eigenvalue weighted by atomic mass is 35.5. The minimum absolute atomic E-state index is 0.0897. The van der Waals surface area contributed by atoms with Gasteiger partial charge in [-0.1, -0.05) is 31.5 Å². The van der Waals surface area contributed by atoms with Gasteiger partial charge in [-0.05, 0) is 24.1 Å². The molecule has 1 amide bonds. The first-order valence-electron chi connectivity index (χ1n) is 6.39. The molecule has 2 N–H and O–H groups in total. The van der Waals surface area contributed by atoms with Crippen molar-refractivity contribution < 1.29 is 9.90 Å². The van der Waals surface area contributed by atoms with E-state index in [1.54, 1.807) is 24.3 Å². The van der Waals surface area contributed by atoms with Crippen LogP contribution in [0.5, 0.6) is 0 Å². The van der Waals surface area contributed by atoms with Crippen LogP contribution in [-0.2, 0) is 4.79 Å². The summed E-state index contributed by atoms with van der Waals surface area (Å²) in [5, 5.41) is 13.5. The van der Waals surface area contributed by atoms with Gasteiger partial charge >= 0.3 is 0 Å². The number of hydrogen-bond acceptors (Lipinski definition) is 3. The van der Waals surface area contributed by atoms with Gasteiger partial charge in [-0.25, -0.2) is 0 Å². The third-order valence-electron chi connectivity index (χ3n) is 3.55. The Morgan fingerprint density at radius 2 is 2.21 bits per heavy atom. The number of β-amino-alcohol motifs (C(OH)–C–C–N with tert-alkyl or cyclic N) is 1. The summed E-state index contributed by atoms with van der Waals surface area (Å²) in [6, 6.07) is 7.05. The van der Waals surface area contributed by atoms with Crippen LogP contribution in [0.4, 0.5) is 5.69 Å². The predicted molar refractivity (Wildman–Crippen MR) is 76.3 cm³/mol. The number of rotatable bonds is 4. The van der Waals surface area contributed by atoms with E-state index in [2.05, 4.69) is 5.32 Å². The van der Waals surface area contributed by atoms with Gasteiger partial charge in [0.1, 0.15) is 0 Å². The summed E-state index contributed by atoms with van der Waals surface area (Å²) in [5.41, 5.74) is 0.0493. The Bertz CT molecular complexity index is 470. The third kappa shape index (κ3) is 3.47. The molecule has 1 saturated heterocycles. The molecule has 5 heteroatoms. The fourth-order valence-electron chi connectivity index (χ4n) is 2.17. The SMILES string of the molecule is CC(C)C1(O)CN(CC(=O)Nc2cccc(Cl)c2)C1. The van der Waals surface area contributed by atoms with Gasteiger partial charge in [-0.15, -0.1) is 0 Å². The average Bonchev–Trinajstić information content (AvgIpc) is 2.26. The number of nitrogens with zero attached hydrogens (tertiary/aromatic N) is 1. The Hall–Kier alpha value is -1.10. The van der Waals surface area contributed by atoms with E-state index in [0.717, 1.165) is 0 Å². The summed E-state index contributed by atoms with van der Waals surface area (Å²) in [6.45, 7) is 5.37. The molecule has 1 aromatic carbocycles.